The van der Waals surface area contributed by atoms with Gasteiger partial charge in [0.15, 0.2) is 5.43 Å². The molecule has 0 aliphatic carbocycles. The van der Waals surface area contributed by atoms with Crippen LogP contribution in [0.5, 0.6) is 11.5 Å². The Morgan fingerprint density at radius 3 is 2.81 bits per heavy atom. The number of aromatic hydroxyl groups is 1. The van der Waals surface area contributed by atoms with Gasteiger partial charge in [0.25, 0.3) is 0 Å². The first-order valence-electron chi connectivity index (χ1n) is 8.42. The van der Waals surface area contributed by atoms with Crippen molar-refractivity contribution in [3.05, 3.63) is 45.2 Å². The first-order valence-corrected chi connectivity index (χ1v) is 8.80. The lowest BCUT2D eigenvalue weighted by molar-refractivity contribution is 0.0523. The molecule has 0 spiro atoms. The van der Waals surface area contributed by atoms with Gasteiger partial charge in [-0.1, -0.05) is 25.4 Å². The van der Waals surface area contributed by atoms with Gasteiger partial charge in [0.05, 0.1) is 23.4 Å². The summed E-state index contributed by atoms with van der Waals surface area (Å²) in [6.07, 6.45) is 1.53. The Morgan fingerprint density at radius 2 is 2.15 bits per heavy atom. The van der Waals surface area contributed by atoms with E-state index in [1.807, 2.05) is 18.4 Å². The average molecular weight is 378 g/mol. The minimum atomic E-state index is -0.649. The summed E-state index contributed by atoms with van der Waals surface area (Å²) in [4.78, 5) is 24.7. The molecule has 6 nitrogen and oxygen atoms in total. The van der Waals surface area contributed by atoms with E-state index in [9.17, 15) is 14.7 Å². The molecule has 138 valence electrons. The highest BCUT2D eigenvalue weighted by Crippen LogP contribution is 2.41. The zero-order chi connectivity index (χ0) is 19.0. The summed E-state index contributed by atoms with van der Waals surface area (Å²) in [5.74, 6) is -0.133. The number of hydrogen-bond acceptors (Lipinski definition) is 5. The van der Waals surface area contributed by atoms with Gasteiger partial charge < -0.3 is 19.1 Å². The molecule has 1 aromatic heterocycles. The van der Waals surface area contributed by atoms with Gasteiger partial charge in [-0.15, -0.1) is 0 Å². The number of ether oxygens (including phenoxy) is 2. The van der Waals surface area contributed by atoms with Gasteiger partial charge in [-0.05, 0) is 18.9 Å². The summed E-state index contributed by atoms with van der Waals surface area (Å²) < 4.78 is 12.7. The lowest BCUT2D eigenvalue weighted by atomic mass is 10.0. The molecule has 1 atom stereocenters. The van der Waals surface area contributed by atoms with Crippen LogP contribution in [0.1, 0.15) is 37.2 Å². The van der Waals surface area contributed by atoms with Gasteiger partial charge in [0.2, 0.25) is 0 Å². The fourth-order valence-electron chi connectivity index (χ4n) is 3.03. The molecule has 1 aliphatic heterocycles. The normalized spacial score (nSPS) is 15.7. The van der Waals surface area contributed by atoms with Crippen molar-refractivity contribution in [3.8, 4) is 22.8 Å². The number of phenols is 1. The predicted molar refractivity (Wildman–Crippen MR) is 98.1 cm³/mol. The van der Waals surface area contributed by atoms with E-state index < -0.39 is 11.4 Å². The van der Waals surface area contributed by atoms with E-state index in [-0.39, 0.29) is 34.9 Å². The maximum Gasteiger partial charge on any atom is 0.343 e. The monoisotopic (exact) mass is 377 g/mol. The molecule has 3 rings (SSSR count). The minimum absolute atomic E-state index is 0.0189. The largest absolute Gasteiger partial charge is 0.506 e. The number of rotatable bonds is 3. The van der Waals surface area contributed by atoms with Crippen molar-refractivity contribution in [2.24, 2.45) is 5.92 Å². The highest BCUT2D eigenvalue weighted by atomic mass is 35.5. The Labute approximate surface area is 155 Å². The van der Waals surface area contributed by atoms with Crippen LogP contribution in [0, 0.1) is 5.92 Å². The van der Waals surface area contributed by atoms with Crippen LogP contribution in [0.2, 0.25) is 5.02 Å². The van der Waals surface area contributed by atoms with Gasteiger partial charge in [-0.2, -0.15) is 0 Å². The number of pyridine rings is 1. The molecule has 0 saturated heterocycles. The number of halogens is 1. The summed E-state index contributed by atoms with van der Waals surface area (Å²) in [7, 11) is 0. The van der Waals surface area contributed by atoms with Crippen molar-refractivity contribution < 1.29 is 19.4 Å². The van der Waals surface area contributed by atoms with Crippen molar-refractivity contribution in [2.75, 3.05) is 13.2 Å². The van der Waals surface area contributed by atoms with Crippen LogP contribution in [-0.2, 0) is 4.74 Å². The molecular formula is C19H20ClNO5. The SMILES string of the molecule is CCOC(=O)c1cn2c(cc1=O)-c1cc(Cl)c(O)cc1OCC2C(C)C. The lowest BCUT2D eigenvalue weighted by Crippen LogP contribution is -2.26. The third-order valence-electron chi connectivity index (χ3n) is 4.44. The number of carbonyl (C=O) groups excluding carboxylic acids is 1. The Kier molecular flexibility index (Phi) is 4.96. The van der Waals surface area contributed by atoms with E-state index in [0.717, 1.165) is 0 Å². The summed E-state index contributed by atoms with van der Waals surface area (Å²) in [6.45, 7) is 6.26. The van der Waals surface area contributed by atoms with Crippen molar-refractivity contribution in [3.63, 3.8) is 0 Å². The number of benzene rings is 1. The second kappa shape index (κ2) is 7.03. The number of hydrogen-bond donors (Lipinski definition) is 1. The summed E-state index contributed by atoms with van der Waals surface area (Å²) in [5, 5.41) is 10.0. The van der Waals surface area contributed by atoms with Crippen LogP contribution in [-0.4, -0.2) is 28.9 Å². The fraction of sp³-hybridized carbons (Fsp3) is 0.368. The average Bonchev–Trinajstić information content (AvgIpc) is 2.72. The van der Waals surface area contributed by atoms with Crippen molar-refractivity contribution >= 4 is 17.6 Å². The second-order valence-corrected chi connectivity index (χ2v) is 6.89. The summed E-state index contributed by atoms with van der Waals surface area (Å²) in [5.41, 5.74) is 0.712. The van der Waals surface area contributed by atoms with Gasteiger partial charge in [-0.3, -0.25) is 4.79 Å². The molecule has 2 aromatic rings. The molecule has 0 fully saturated rings. The molecule has 1 unspecified atom stereocenters. The van der Waals surface area contributed by atoms with Gasteiger partial charge in [0.1, 0.15) is 23.7 Å². The highest BCUT2D eigenvalue weighted by Gasteiger charge is 2.28. The summed E-state index contributed by atoms with van der Waals surface area (Å²) >= 11 is 6.06. The van der Waals surface area contributed by atoms with Crippen LogP contribution in [0.25, 0.3) is 11.3 Å². The Bertz CT molecular complexity index is 919. The predicted octanol–water partition coefficient (Wildman–Crippen LogP) is 3.64. The first-order chi connectivity index (χ1) is 12.3. The number of carbonyl (C=O) groups is 1. The van der Waals surface area contributed by atoms with E-state index in [0.29, 0.717) is 23.6 Å². The van der Waals surface area contributed by atoms with Crippen LogP contribution in [0.3, 0.4) is 0 Å². The fourth-order valence-corrected chi connectivity index (χ4v) is 3.20. The molecule has 2 heterocycles. The van der Waals surface area contributed by atoms with Gasteiger partial charge in [0, 0.05) is 23.9 Å². The van der Waals surface area contributed by atoms with E-state index in [1.165, 1.54) is 18.3 Å². The molecule has 1 aromatic carbocycles. The molecule has 1 N–H and O–H groups in total. The Morgan fingerprint density at radius 1 is 1.42 bits per heavy atom. The van der Waals surface area contributed by atoms with Crippen LogP contribution in [0.15, 0.2) is 29.2 Å². The maximum absolute atomic E-state index is 12.5. The Hall–Kier alpha value is -2.47. The third kappa shape index (κ3) is 3.17. The number of esters is 1. The molecule has 1 aliphatic rings. The zero-order valence-corrected chi connectivity index (χ0v) is 15.5. The van der Waals surface area contributed by atoms with Crippen molar-refractivity contribution in [1.29, 1.82) is 0 Å². The standard InChI is InChI=1S/C19H20ClNO5/c1-4-25-19(24)12-8-21-14(6-16(12)22)11-5-13(20)17(23)7-18(11)26-9-15(21)10(2)3/h5-8,10,15,23H,4,9H2,1-3H3. The van der Waals surface area contributed by atoms with Crippen LogP contribution < -0.4 is 10.2 Å². The lowest BCUT2D eigenvalue weighted by Gasteiger charge is -2.24. The maximum atomic E-state index is 12.5. The molecule has 7 heteroatoms. The van der Waals surface area contributed by atoms with Gasteiger partial charge >= 0.3 is 5.97 Å². The van der Waals surface area contributed by atoms with Crippen LogP contribution >= 0.6 is 11.6 Å². The van der Waals surface area contributed by atoms with E-state index >= 15 is 0 Å². The molecular weight excluding hydrogens is 358 g/mol. The van der Waals surface area contributed by atoms with Gasteiger partial charge in [-0.25, -0.2) is 4.79 Å². The molecule has 0 radical (unpaired) electrons. The Balaban J connectivity index is 2.27. The van der Waals surface area contributed by atoms with Crippen molar-refractivity contribution in [1.82, 2.24) is 4.57 Å². The molecule has 26 heavy (non-hydrogen) atoms. The second-order valence-electron chi connectivity index (χ2n) is 6.49. The number of nitrogens with zero attached hydrogens (tertiary/aromatic N) is 1. The summed E-state index contributed by atoms with van der Waals surface area (Å²) in [6, 6.07) is 4.27. The van der Waals surface area contributed by atoms with Crippen molar-refractivity contribution in [2.45, 2.75) is 26.8 Å². The van der Waals surface area contributed by atoms with E-state index in [1.54, 1.807) is 13.0 Å². The van der Waals surface area contributed by atoms with E-state index in [4.69, 9.17) is 21.1 Å². The van der Waals surface area contributed by atoms with E-state index in [2.05, 4.69) is 0 Å². The number of aromatic nitrogens is 1. The number of fused-ring (bicyclic) bond motifs is 3. The molecule has 0 amide bonds. The third-order valence-corrected chi connectivity index (χ3v) is 4.74. The first kappa shape index (κ1) is 18.3. The minimum Gasteiger partial charge on any atom is -0.506 e. The van der Waals surface area contributed by atoms with Crippen LogP contribution in [0.4, 0.5) is 0 Å². The smallest absolute Gasteiger partial charge is 0.343 e. The topological polar surface area (TPSA) is 77.8 Å². The molecule has 0 saturated carbocycles. The number of phenolic OH excluding ortho intramolecular Hbond substituents is 1. The highest BCUT2D eigenvalue weighted by molar-refractivity contribution is 6.32. The molecule has 0 bridgehead atoms. The quantitative estimate of drug-likeness (QED) is 0.826. The zero-order valence-electron chi connectivity index (χ0n) is 14.8.